The molecule has 0 aliphatic heterocycles. The highest BCUT2D eigenvalue weighted by Crippen LogP contribution is 2.37. The van der Waals surface area contributed by atoms with Gasteiger partial charge in [-0.25, -0.2) is 19.1 Å². The predicted molar refractivity (Wildman–Crippen MR) is 112 cm³/mol. The van der Waals surface area contributed by atoms with E-state index in [-0.39, 0.29) is 45.7 Å². The van der Waals surface area contributed by atoms with E-state index in [9.17, 15) is 18.0 Å². The molecule has 0 aliphatic carbocycles. The van der Waals surface area contributed by atoms with Gasteiger partial charge in [-0.05, 0) is 37.7 Å². The van der Waals surface area contributed by atoms with E-state index in [0.717, 1.165) is 5.52 Å². The summed E-state index contributed by atoms with van der Waals surface area (Å²) in [7, 11) is 0. The second kappa shape index (κ2) is 8.79. The SMILES string of the molecule is CCn1c(CNC(=O)c2nc(Cl)c(N)nc2N)[n+](CC)c2ccc(SC(F)(F)F)cc21. The summed E-state index contributed by atoms with van der Waals surface area (Å²) in [6.45, 7) is 4.91. The minimum absolute atomic E-state index is 0.0834. The largest absolute Gasteiger partial charge is 0.446 e. The van der Waals surface area contributed by atoms with Crippen LogP contribution in [0.3, 0.4) is 0 Å². The standard InChI is InChI=1S/C18H19ClF3N7OS/c1-3-28-10-6-5-9(31-18(20,21)22)7-11(10)29(4-2)12(28)8-25-17(30)13-15(23)27-16(24)14(19)26-13/h5-7H,3-4,8H2,1-2H3,(H4-,23,24,25,27,30)/p+1. The Balaban J connectivity index is 1.96. The van der Waals surface area contributed by atoms with E-state index in [1.165, 1.54) is 12.1 Å². The normalized spacial score (nSPS) is 11.8. The number of alkyl halides is 3. The van der Waals surface area contributed by atoms with Crippen molar-refractivity contribution in [2.45, 2.75) is 43.9 Å². The number of anilines is 2. The third kappa shape index (κ3) is 4.79. The van der Waals surface area contributed by atoms with Gasteiger partial charge in [0.05, 0.1) is 13.1 Å². The number of carbonyl (C=O) groups is 1. The molecule has 0 radical (unpaired) electrons. The van der Waals surface area contributed by atoms with Crippen molar-refractivity contribution in [2.24, 2.45) is 0 Å². The lowest BCUT2D eigenvalue weighted by atomic mass is 10.3. The number of aromatic nitrogens is 4. The maximum atomic E-state index is 12.8. The summed E-state index contributed by atoms with van der Waals surface area (Å²) in [6, 6.07) is 4.58. The molecule has 0 unspecified atom stereocenters. The first-order chi connectivity index (χ1) is 14.6. The molecule has 3 rings (SSSR count). The Labute approximate surface area is 184 Å². The summed E-state index contributed by atoms with van der Waals surface area (Å²) in [6.07, 6.45) is 0. The van der Waals surface area contributed by atoms with Crippen LogP contribution in [0.5, 0.6) is 0 Å². The quantitative estimate of drug-likeness (QED) is 0.373. The summed E-state index contributed by atoms with van der Waals surface area (Å²) >= 11 is 5.66. The van der Waals surface area contributed by atoms with E-state index in [4.69, 9.17) is 23.1 Å². The van der Waals surface area contributed by atoms with Gasteiger partial charge in [0.25, 0.3) is 11.7 Å². The lowest BCUT2D eigenvalue weighted by Crippen LogP contribution is -2.40. The minimum atomic E-state index is -4.38. The summed E-state index contributed by atoms with van der Waals surface area (Å²) in [5.74, 6) is -0.142. The van der Waals surface area contributed by atoms with Gasteiger partial charge in [-0.3, -0.25) is 4.79 Å². The van der Waals surface area contributed by atoms with Crippen molar-refractivity contribution >= 4 is 51.9 Å². The number of thioether (sulfide) groups is 1. The fourth-order valence-corrected chi connectivity index (χ4v) is 4.02. The molecule has 31 heavy (non-hydrogen) atoms. The molecule has 2 aromatic heterocycles. The van der Waals surface area contributed by atoms with E-state index in [2.05, 4.69) is 15.3 Å². The molecular formula is C18H20ClF3N7OS+. The molecule has 3 aromatic rings. The van der Waals surface area contributed by atoms with E-state index in [1.54, 1.807) is 6.07 Å². The average molecular weight is 475 g/mol. The molecule has 2 heterocycles. The zero-order valence-corrected chi connectivity index (χ0v) is 18.2. The molecule has 0 saturated carbocycles. The van der Waals surface area contributed by atoms with Gasteiger partial charge >= 0.3 is 5.51 Å². The molecule has 0 fully saturated rings. The number of hydrogen-bond acceptors (Lipinski definition) is 6. The monoisotopic (exact) mass is 474 g/mol. The van der Waals surface area contributed by atoms with Crippen LogP contribution in [0.25, 0.3) is 11.0 Å². The van der Waals surface area contributed by atoms with Gasteiger partial charge in [-0.15, -0.1) is 0 Å². The topological polar surface area (TPSA) is 116 Å². The number of halogens is 4. The van der Waals surface area contributed by atoms with Gasteiger partial charge in [0.15, 0.2) is 33.5 Å². The number of benzene rings is 1. The number of imidazole rings is 1. The number of nitrogens with one attached hydrogen (secondary N) is 1. The van der Waals surface area contributed by atoms with E-state index < -0.39 is 11.4 Å². The number of rotatable bonds is 6. The van der Waals surface area contributed by atoms with Crippen LogP contribution in [-0.2, 0) is 19.6 Å². The Kier molecular flexibility index (Phi) is 6.51. The van der Waals surface area contributed by atoms with Gasteiger partial charge < -0.3 is 16.8 Å². The molecule has 0 bridgehead atoms. The number of fused-ring (bicyclic) bond motifs is 1. The highest BCUT2D eigenvalue weighted by atomic mass is 35.5. The number of nitrogens with zero attached hydrogens (tertiary/aromatic N) is 4. The van der Waals surface area contributed by atoms with Crippen molar-refractivity contribution in [2.75, 3.05) is 11.5 Å². The first-order valence-corrected chi connectivity index (χ1v) is 10.4. The van der Waals surface area contributed by atoms with Crippen LogP contribution in [0.2, 0.25) is 5.15 Å². The Morgan fingerprint density at radius 2 is 1.97 bits per heavy atom. The number of carbonyl (C=O) groups excluding carboxylic acids is 1. The first kappa shape index (κ1) is 22.9. The third-order valence-electron chi connectivity index (χ3n) is 4.54. The van der Waals surface area contributed by atoms with Crippen LogP contribution < -0.4 is 21.4 Å². The maximum absolute atomic E-state index is 12.8. The molecule has 1 amide bonds. The number of amides is 1. The first-order valence-electron chi connectivity index (χ1n) is 9.23. The van der Waals surface area contributed by atoms with Gasteiger partial charge in [-0.2, -0.15) is 13.2 Å². The van der Waals surface area contributed by atoms with Crippen LogP contribution in [0.4, 0.5) is 24.8 Å². The lowest BCUT2D eigenvalue weighted by Gasteiger charge is -2.08. The molecule has 5 N–H and O–H groups in total. The predicted octanol–water partition coefficient (Wildman–Crippen LogP) is 3.12. The zero-order chi connectivity index (χ0) is 22.9. The molecule has 1 aromatic carbocycles. The average Bonchev–Trinajstić information content (AvgIpc) is 2.99. The Bertz CT molecular complexity index is 1150. The molecule has 0 aliphatic rings. The van der Waals surface area contributed by atoms with Crippen molar-refractivity contribution in [1.82, 2.24) is 19.9 Å². The maximum Gasteiger partial charge on any atom is 0.446 e. The van der Waals surface area contributed by atoms with Crippen LogP contribution in [0.1, 0.15) is 30.2 Å². The number of hydrogen-bond donors (Lipinski definition) is 3. The molecule has 0 saturated heterocycles. The number of aryl methyl sites for hydroxylation is 2. The lowest BCUT2D eigenvalue weighted by molar-refractivity contribution is -0.676. The minimum Gasteiger partial charge on any atom is -0.382 e. The fourth-order valence-electron chi connectivity index (χ4n) is 3.32. The fraction of sp³-hybridized carbons (Fsp3) is 0.333. The van der Waals surface area contributed by atoms with Crippen molar-refractivity contribution in [1.29, 1.82) is 0 Å². The summed E-state index contributed by atoms with van der Waals surface area (Å²) in [5.41, 5.74) is 8.11. The Morgan fingerprint density at radius 3 is 2.58 bits per heavy atom. The van der Waals surface area contributed by atoms with E-state index in [0.29, 0.717) is 24.4 Å². The van der Waals surface area contributed by atoms with Crippen LogP contribution >= 0.6 is 23.4 Å². The van der Waals surface area contributed by atoms with E-state index in [1.807, 2.05) is 23.0 Å². The molecule has 13 heteroatoms. The van der Waals surface area contributed by atoms with Crippen LogP contribution in [-0.4, -0.2) is 26.0 Å². The van der Waals surface area contributed by atoms with Gasteiger partial charge in [0.1, 0.15) is 6.54 Å². The van der Waals surface area contributed by atoms with Gasteiger partial charge in [0, 0.05) is 11.0 Å². The smallest absolute Gasteiger partial charge is 0.382 e. The number of nitrogen functional groups attached to an aromatic ring is 2. The highest BCUT2D eigenvalue weighted by molar-refractivity contribution is 8.00. The van der Waals surface area contributed by atoms with Crippen molar-refractivity contribution < 1.29 is 22.5 Å². The van der Waals surface area contributed by atoms with Crippen molar-refractivity contribution in [3.05, 3.63) is 34.9 Å². The van der Waals surface area contributed by atoms with Crippen LogP contribution in [0, 0.1) is 0 Å². The highest BCUT2D eigenvalue weighted by Gasteiger charge is 2.31. The summed E-state index contributed by atoms with van der Waals surface area (Å²) in [5, 5.41) is 2.58. The molecule has 0 spiro atoms. The van der Waals surface area contributed by atoms with Crippen molar-refractivity contribution in [3.8, 4) is 0 Å². The third-order valence-corrected chi connectivity index (χ3v) is 5.54. The van der Waals surface area contributed by atoms with Crippen molar-refractivity contribution in [3.63, 3.8) is 0 Å². The zero-order valence-electron chi connectivity index (χ0n) is 16.6. The second-order valence-electron chi connectivity index (χ2n) is 6.42. The molecule has 166 valence electrons. The van der Waals surface area contributed by atoms with Crippen LogP contribution in [0.15, 0.2) is 23.1 Å². The molecular weight excluding hydrogens is 455 g/mol. The summed E-state index contributed by atoms with van der Waals surface area (Å²) in [4.78, 5) is 20.3. The number of nitrogens with two attached hydrogens (primary N) is 2. The van der Waals surface area contributed by atoms with E-state index >= 15 is 0 Å². The van der Waals surface area contributed by atoms with Gasteiger partial charge in [-0.1, -0.05) is 11.6 Å². The molecule has 8 nitrogen and oxygen atoms in total. The molecule has 0 atom stereocenters. The Morgan fingerprint density at radius 1 is 1.26 bits per heavy atom. The van der Waals surface area contributed by atoms with Gasteiger partial charge in [0.2, 0.25) is 0 Å². The second-order valence-corrected chi connectivity index (χ2v) is 7.92. The summed E-state index contributed by atoms with van der Waals surface area (Å²) < 4.78 is 42.2. The Hall–Kier alpha value is -2.73.